The quantitative estimate of drug-likeness (QED) is 0.652. The lowest BCUT2D eigenvalue weighted by Crippen LogP contribution is -2.37. The van der Waals surface area contributed by atoms with Gasteiger partial charge in [0.1, 0.15) is 0 Å². The summed E-state index contributed by atoms with van der Waals surface area (Å²) < 4.78 is 12.0. The highest BCUT2D eigenvalue weighted by Gasteiger charge is 2.61. The Hall–Kier alpha value is -2.16. The van der Waals surface area contributed by atoms with E-state index >= 15 is 0 Å². The zero-order valence-electron chi connectivity index (χ0n) is 13.2. The highest BCUT2D eigenvalue weighted by atomic mass is 16.7. The molecule has 0 saturated carbocycles. The summed E-state index contributed by atoms with van der Waals surface area (Å²) in [5.74, 6) is -0.347. The molecule has 2 aliphatic rings. The van der Waals surface area contributed by atoms with E-state index in [9.17, 15) is 0 Å². The van der Waals surface area contributed by atoms with Gasteiger partial charge in [-0.15, -0.1) is 0 Å². The molecule has 0 aromatic heterocycles. The van der Waals surface area contributed by atoms with Crippen molar-refractivity contribution < 1.29 is 9.47 Å². The average molecular weight is 302 g/mol. The van der Waals surface area contributed by atoms with Crippen LogP contribution in [0.2, 0.25) is 0 Å². The summed E-state index contributed by atoms with van der Waals surface area (Å²) in [5, 5.41) is 2.55. The van der Waals surface area contributed by atoms with Crippen molar-refractivity contribution >= 4 is 10.8 Å². The van der Waals surface area contributed by atoms with Gasteiger partial charge in [0.05, 0.1) is 11.8 Å². The van der Waals surface area contributed by atoms with Gasteiger partial charge in [-0.1, -0.05) is 60.7 Å². The zero-order chi connectivity index (χ0) is 15.6. The number of methoxy groups -OCH3 is 2. The van der Waals surface area contributed by atoms with Crippen molar-refractivity contribution in [3.05, 3.63) is 82.9 Å². The maximum absolute atomic E-state index is 6.00. The predicted molar refractivity (Wildman–Crippen MR) is 90.8 cm³/mol. The molecule has 2 nitrogen and oxygen atoms in total. The van der Waals surface area contributed by atoms with E-state index in [0.717, 1.165) is 0 Å². The molecule has 3 aromatic carbocycles. The van der Waals surface area contributed by atoms with Gasteiger partial charge in [0.2, 0.25) is 0 Å². The highest BCUT2D eigenvalue weighted by molar-refractivity contribution is 5.86. The fourth-order valence-electron chi connectivity index (χ4n) is 4.74. The second kappa shape index (κ2) is 4.44. The van der Waals surface area contributed by atoms with Gasteiger partial charge in [-0.2, -0.15) is 0 Å². The lowest BCUT2D eigenvalue weighted by atomic mass is 9.85. The Balaban J connectivity index is 1.86. The number of ether oxygens (including phenoxy) is 2. The summed E-state index contributed by atoms with van der Waals surface area (Å²) in [7, 11) is 3.53. The van der Waals surface area contributed by atoms with Crippen molar-refractivity contribution in [2.45, 2.75) is 17.6 Å². The van der Waals surface area contributed by atoms with Gasteiger partial charge in [0.15, 0.2) is 5.79 Å². The SMILES string of the molecule is COC1(OC)C2c3ccccc3C1c1cc3ccccc3cc12. The topological polar surface area (TPSA) is 18.5 Å². The van der Waals surface area contributed by atoms with Gasteiger partial charge in [-0.25, -0.2) is 0 Å². The van der Waals surface area contributed by atoms with Crippen molar-refractivity contribution in [3.8, 4) is 0 Å². The molecule has 0 fully saturated rings. The zero-order valence-corrected chi connectivity index (χ0v) is 13.2. The first-order valence-electron chi connectivity index (χ1n) is 8.02. The Morgan fingerprint density at radius 2 is 1.09 bits per heavy atom. The van der Waals surface area contributed by atoms with Crippen LogP contribution in [-0.2, 0) is 9.47 Å². The summed E-state index contributed by atoms with van der Waals surface area (Å²) in [5.41, 5.74) is 5.36. The van der Waals surface area contributed by atoms with Crippen molar-refractivity contribution in [1.29, 1.82) is 0 Å². The first kappa shape index (κ1) is 13.3. The molecular formula is C21H18O2. The van der Waals surface area contributed by atoms with Crippen molar-refractivity contribution in [1.82, 2.24) is 0 Å². The Morgan fingerprint density at radius 1 is 0.652 bits per heavy atom. The van der Waals surface area contributed by atoms with Crippen molar-refractivity contribution in [2.24, 2.45) is 0 Å². The molecule has 0 amide bonds. The van der Waals surface area contributed by atoms with Crippen LogP contribution < -0.4 is 0 Å². The number of hydrogen-bond donors (Lipinski definition) is 0. The van der Waals surface area contributed by atoms with E-state index in [4.69, 9.17) is 9.47 Å². The Kier molecular flexibility index (Phi) is 2.56. The molecule has 0 spiro atoms. The van der Waals surface area contributed by atoms with E-state index in [1.54, 1.807) is 14.2 Å². The van der Waals surface area contributed by atoms with E-state index in [0.29, 0.717) is 0 Å². The van der Waals surface area contributed by atoms with Gasteiger partial charge < -0.3 is 9.47 Å². The first-order chi connectivity index (χ1) is 11.3. The van der Waals surface area contributed by atoms with Crippen LogP contribution in [0.5, 0.6) is 0 Å². The molecule has 2 bridgehead atoms. The Morgan fingerprint density at radius 3 is 1.52 bits per heavy atom. The molecule has 0 N–H and O–H groups in total. The standard InChI is InChI=1S/C21H18O2/c1-22-21(23-2)19-15-9-5-6-10-16(15)20(21)18-12-14-8-4-3-7-13(14)11-17(18)19/h3-12,19-20H,1-2H3. The molecule has 0 radical (unpaired) electrons. The third-order valence-corrected chi connectivity index (χ3v) is 5.63. The second-order valence-corrected chi connectivity index (χ2v) is 6.45. The highest BCUT2D eigenvalue weighted by Crippen LogP contribution is 2.64. The van der Waals surface area contributed by atoms with Gasteiger partial charge in [0.25, 0.3) is 0 Å². The third-order valence-electron chi connectivity index (χ3n) is 5.63. The summed E-state index contributed by atoms with van der Waals surface area (Å²) in [6, 6.07) is 21.8. The average Bonchev–Trinajstić information content (AvgIpc) is 3.06. The summed E-state index contributed by atoms with van der Waals surface area (Å²) >= 11 is 0. The fraction of sp³-hybridized carbons (Fsp3) is 0.238. The molecule has 0 aliphatic heterocycles. The van der Waals surface area contributed by atoms with E-state index in [2.05, 4.69) is 60.7 Å². The summed E-state index contributed by atoms with van der Waals surface area (Å²) in [6.07, 6.45) is 0. The van der Waals surface area contributed by atoms with Crippen LogP contribution in [0.4, 0.5) is 0 Å². The largest absolute Gasteiger partial charge is 0.351 e. The molecule has 2 atom stereocenters. The molecule has 0 saturated heterocycles. The summed E-state index contributed by atoms with van der Waals surface area (Å²) in [4.78, 5) is 0. The number of hydrogen-bond acceptors (Lipinski definition) is 2. The van der Waals surface area contributed by atoms with Crippen LogP contribution in [0.3, 0.4) is 0 Å². The van der Waals surface area contributed by atoms with Crippen LogP contribution in [0.1, 0.15) is 34.1 Å². The van der Waals surface area contributed by atoms with Gasteiger partial charge in [0, 0.05) is 14.2 Å². The van der Waals surface area contributed by atoms with Crippen molar-refractivity contribution in [2.75, 3.05) is 14.2 Å². The van der Waals surface area contributed by atoms with Crippen LogP contribution in [0.25, 0.3) is 10.8 Å². The monoisotopic (exact) mass is 302 g/mol. The summed E-state index contributed by atoms with van der Waals surface area (Å²) in [6.45, 7) is 0. The van der Waals surface area contributed by atoms with E-state index in [1.807, 2.05) is 0 Å². The molecule has 5 rings (SSSR count). The van der Waals surface area contributed by atoms with E-state index in [1.165, 1.54) is 33.0 Å². The molecular weight excluding hydrogens is 284 g/mol. The van der Waals surface area contributed by atoms with Gasteiger partial charge >= 0.3 is 0 Å². The number of benzene rings is 3. The second-order valence-electron chi connectivity index (χ2n) is 6.45. The molecule has 2 aliphatic carbocycles. The number of fused-ring (bicyclic) bond motifs is 9. The van der Waals surface area contributed by atoms with Gasteiger partial charge in [-0.05, 0) is 33.0 Å². The van der Waals surface area contributed by atoms with Crippen LogP contribution >= 0.6 is 0 Å². The van der Waals surface area contributed by atoms with E-state index in [-0.39, 0.29) is 11.8 Å². The molecule has 114 valence electrons. The number of rotatable bonds is 2. The molecule has 2 unspecified atom stereocenters. The fourth-order valence-corrected chi connectivity index (χ4v) is 4.74. The molecule has 3 aromatic rings. The maximum atomic E-state index is 6.00. The van der Waals surface area contributed by atoms with Crippen LogP contribution in [-0.4, -0.2) is 20.0 Å². The smallest absolute Gasteiger partial charge is 0.189 e. The first-order valence-corrected chi connectivity index (χ1v) is 8.02. The maximum Gasteiger partial charge on any atom is 0.189 e. The van der Waals surface area contributed by atoms with Crippen LogP contribution in [0.15, 0.2) is 60.7 Å². The third kappa shape index (κ3) is 1.46. The Labute approximate surface area is 135 Å². The lowest BCUT2D eigenvalue weighted by Gasteiger charge is -2.31. The minimum absolute atomic E-state index is 0.137. The predicted octanol–water partition coefficient (Wildman–Crippen LogP) is 4.42. The van der Waals surface area contributed by atoms with Gasteiger partial charge in [-0.3, -0.25) is 0 Å². The minimum atomic E-state index is -0.622. The minimum Gasteiger partial charge on any atom is -0.351 e. The lowest BCUT2D eigenvalue weighted by molar-refractivity contribution is -0.210. The molecule has 0 heterocycles. The van der Waals surface area contributed by atoms with Crippen molar-refractivity contribution in [3.63, 3.8) is 0 Å². The Bertz CT molecular complexity index is 853. The normalized spacial score (nSPS) is 23.0. The van der Waals surface area contributed by atoms with E-state index < -0.39 is 5.79 Å². The molecule has 2 heteroatoms. The molecule has 23 heavy (non-hydrogen) atoms. The van der Waals surface area contributed by atoms with Crippen LogP contribution in [0, 0.1) is 0 Å².